The second kappa shape index (κ2) is 6.52. The fraction of sp³-hybridized carbons (Fsp3) is 1.00. The van der Waals surface area contributed by atoms with Gasteiger partial charge in [0.25, 0.3) is 0 Å². The molecular weight excluding hydrogens is 264 g/mol. The standard InChI is InChI=1S/C13H26N2O3S/c1-19(16,17)15-6-2-3-11(10-15)9-13(14)12-4-7-18-8-5-12/h11-13H,2-10,14H2,1H3. The molecule has 112 valence electrons. The number of sulfonamides is 1. The summed E-state index contributed by atoms with van der Waals surface area (Å²) in [6.45, 7) is 2.95. The van der Waals surface area contributed by atoms with Gasteiger partial charge in [-0.1, -0.05) is 0 Å². The predicted molar refractivity (Wildman–Crippen MR) is 75.3 cm³/mol. The number of hydrogen-bond acceptors (Lipinski definition) is 4. The molecule has 19 heavy (non-hydrogen) atoms. The van der Waals surface area contributed by atoms with Crippen molar-refractivity contribution in [2.45, 2.75) is 38.1 Å². The second-order valence-corrected chi connectivity index (χ2v) is 7.96. The van der Waals surface area contributed by atoms with Crippen molar-refractivity contribution in [3.05, 3.63) is 0 Å². The van der Waals surface area contributed by atoms with Crippen LogP contribution in [-0.4, -0.2) is 51.3 Å². The van der Waals surface area contributed by atoms with E-state index in [2.05, 4.69) is 0 Å². The number of rotatable bonds is 4. The van der Waals surface area contributed by atoms with Crippen LogP contribution in [0.1, 0.15) is 32.1 Å². The minimum atomic E-state index is -3.05. The molecule has 2 rings (SSSR count). The summed E-state index contributed by atoms with van der Waals surface area (Å²) in [5.41, 5.74) is 6.31. The average Bonchev–Trinajstić information content (AvgIpc) is 2.39. The van der Waals surface area contributed by atoms with Crippen LogP contribution in [0.4, 0.5) is 0 Å². The Labute approximate surface area is 116 Å². The molecule has 2 aliphatic rings. The summed E-state index contributed by atoms with van der Waals surface area (Å²) in [5.74, 6) is 0.962. The van der Waals surface area contributed by atoms with E-state index in [0.29, 0.717) is 24.9 Å². The van der Waals surface area contributed by atoms with E-state index in [1.807, 2.05) is 0 Å². The van der Waals surface area contributed by atoms with Crippen LogP contribution in [0.5, 0.6) is 0 Å². The Kier molecular flexibility index (Phi) is 5.22. The lowest BCUT2D eigenvalue weighted by Gasteiger charge is -2.35. The van der Waals surface area contributed by atoms with Gasteiger partial charge in [-0.15, -0.1) is 0 Å². The molecule has 2 heterocycles. The lowest BCUT2D eigenvalue weighted by molar-refractivity contribution is 0.0542. The third kappa shape index (κ3) is 4.41. The van der Waals surface area contributed by atoms with Crippen molar-refractivity contribution < 1.29 is 13.2 Å². The Balaban J connectivity index is 1.84. The maximum absolute atomic E-state index is 11.6. The maximum Gasteiger partial charge on any atom is 0.211 e. The van der Waals surface area contributed by atoms with Crippen molar-refractivity contribution in [3.63, 3.8) is 0 Å². The molecule has 0 aromatic heterocycles. The molecular formula is C13H26N2O3S. The van der Waals surface area contributed by atoms with Gasteiger partial charge in [0.2, 0.25) is 10.0 Å². The first kappa shape index (κ1) is 15.2. The van der Waals surface area contributed by atoms with Crippen LogP contribution in [-0.2, 0) is 14.8 Å². The highest BCUT2D eigenvalue weighted by Crippen LogP contribution is 2.27. The summed E-state index contributed by atoms with van der Waals surface area (Å²) in [5, 5.41) is 0. The number of hydrogen-bond donors (Lipinski definition) is 1. The summed E-state index contributed by atoms with van der Waals surface area (Å²) in [4.78, 5) is 0. The molecule has 0 radical (unpaired) electrons. The predicted octanol–water partition coefficient (Wildman–Crippen LogP) is 0.802. The van der Waals surface area contributed by atoms with Gasteiger partial charge < -0.3 is 10.5 Å². The van der Waals surface area contributed by atoms with Gasteiger partial charge in [-0.25, -0.2) is 12.7 Å². The fourth-order valence-corrected chi connectivity index (χ4v) is 4.18. The minimum Gasteiger partial charge on any atom is -0.381 e. The summed E-state index contributed by atoms with van der Waals surface area (Å²) >= 11 is 0. The largest absolute Gasteiger partial charge is 0.381 e. The molecule has 0 aromatic rings. The third-order valence-corrected chi connectivity index (χ3v) is 5.70. The van der Waals surface area contributed by atoms with Gasteiger partial charge in [0.15, 0.2) is 0 Å². The van der Waals surface area contributed by atoms with Crippen molar-refractivity contribution in [1.29, 1.82) is 0 Å². The number of nitrogens with zero attached hydrogens (tertiary/aromatic N) is 1. The van der Waals surface area contributed by atoms with Crippen LogP contribution in [0.3, 0.4) is 0 Å². The molecule has 5 nitrogen and oxygen atoms in total. The van der Waals surface area contributed by atoms with E-state index in [-0.39, 0.29) is 6.04 Å². The van der Waals surface area contributed by atoms with Crippen molar-refractivity contribution >= 4 is 10.0 Å². The van der Waals surface area contributed by atoms with Gasteiger partial charge in [-0.2, -0.15) is 0 Å². The van der Waals surface area contributed by atoms with Gasteiger partial charge in [0, 0.05) is 32.3 Å². The van der Waals surface area contributed by atoms with Crippen LogP contribution in [0.15, 0.2) is 0 Å². The Morgan fingerprint density at radius 3 is 2.63 bits per heavy atom. The molecule has 0 aliphatic carbocycles. The molecule has 2 unspecified atom stereocenters. The van der Waals surface area contributed by atoms with E-state index in [1.165, 1.54) is 6.26 Å². The summed E-state index contributed by atoms with van der Waals surface area (Å²) in [6.07, 6.45) is 6.39. The zero-order valence-electron chi connectivity index (χ0n) is 11.8. The van der Waals surface area contributed by atoms with E-state index in [4.69, 9.17) is 10.5 Å². The molecule has 2 atom stereocenters. The Bertz CT molecular complexity index is 379. The molecule has 0 aromatic carbocycles. The highest BCUT2D eigenvalue weighted by molar-refractivity contribution is 7.88. The quantitative estimate of drug-likeness (QED) is 0.831. The van der Waals surface area contributed by atoms with Gasteiger partial charge in [-0.3, -0.25) is 0 Å². The lowest BCUT2D eigenvalue weighted by Crippen LogP contribution is -2.43. The first-order valence-corrected chi connectivity index (χ1v) is 9.10. The average molecular weight is 290 g/mol. The SMILES string of the molecule is CS(=O)(=O)N1CCCC(CC(N)C2CCOCC2)C1. The molecule has 2 fully saturated rings. The highest BCUT2D eigenvalue weighted by atomic mass is 32.2. The minimum absolute atomic E-state index is 0.188. The van der Waals surface area contributed by atoms with Crippen LogP contribution < -0.4 is 5.73 Å². The van der Waals surface area contributed by atoms with Gasteiger partial charge in [0.1, 0.15) is 0 Å². The van der Waals surface area contributed by atoms with Gasteiger partial charge in [0.05, 0.1) is 6.26 Å². The molecule has 0 spiro atoms. The van der Waals surface area contributed by atoms with Crippen molar-refractivity contribution in [2.24, 2.45) is 17.6 Å². The molecule has 2 aliphatic heterocycles. The Hall–Kier alpha value is -0.170. The van der Waals surface area contributed by atoms with E-state index < -0.39 is 10.0 Å². The molecule has 6 heteroatoms. The third-order valence-electron chi connectivity index (χ3n) is 4.43. The lowest BCUT2D eigenvalue weighted by atomic mass is 9.84. The maximum atomic E-state index is 11.6. The Morgan fingerprint density at radius 2 is 2.00 bits per heavy atom. The zero-order valence-corrected chi connectivity index (χ0v) is 12.6. The normalized spacial score (nSPS) is 29.3. The zero-order chi connectivity index (χ0) is 13.9. The van der Waals surface area contributed by atoms with Crippen LogP contribution in [0.25, 0.3) is 0 Å². The smallest absolute Gasteiger partial charge is 0.211 e. The molecule has 2 N–H and O–H groups in total. The number of piperidine rings is 1. The van der Waals surface area contributed by atoms with Gasteiger partial charge >= 0.3 is 0 Å². The molecule has 0 bridgehead atoms. The van der Waals surface area contributed by atoms with E-state index in [9.17, 15) is 8.42 Å². The van der Waals surface area contributed by atoms with E-state index >= 15 is 0 Å². The van der Waals surface area contributed by atoms with Crippen LogP contribution >= 0.6 is 0 Å². The number of ether oxygens (including phenoxy) is 1. The summed E-state index contributed by atoms with van der Waals surface area (Å²) in [6, 6.07) is 0.188. The van der Waals surface area contributed by atoms with Crippen molar-refractivity contribution in [1.82, 2.24) is 4.31 Å². The Morgan fingerprint density at radius 1 is 1.32 bits per heavy atom. The topological polar surface area (TPSA) is 72.6 Å². The second-order valence-electron chi connectivity index (χ2n) is 5.98. The molecule has 2 saturated heterocycles. The molecule has 0 saturated carbocycles. The first-order valence-electron chi connectivity index (χ1n) is 7.25. The monoisotopic (exact) mass is 290 g/mol. The van der Waals surface area contributed by atoms with Crippen molar-refractivity contribution in [2.75, 3.05) is 32.6 Å². The van der Waals surface area contributed by atoms with Crippen LogP contribution in [0.2, 0.25) is 0 Å². The van der Waals surface area contributed by atoms with Crippen LogP contribution in [0, 0.1) is 11.8 Å². The molecule has 0 amide bonds. The van der Waals surface area contributed by atoms with Gasteiger partial charge in [-0.05, 0) is 43.9 Å². The van der Waals surface area contributed by atoms with E-state index in [0.717, 1.165) is 45.3 Å². The highest BCUT2D eigenvalue weighted by Gasteiger charge is 2.29. The number of nitrogens with two attached hydrogens (primary N) is 1. The van der Waals surface area contributed by atoms with Crippen molar-refractivity contribution in [3.8, 4) is 0 Å². The summed E-state index contributed by atoms with van der Waals surface area (Å²) < 4.78 is 30.2. The summed E-state index contributed by atoms with van der Waals surface area (Å²) in [7, 11) is -3.05. The van der Waals surface area contributed by atoms with E-state index in [1.54, 1.807) is 4.31 Å². The first-order chi connectivity index (χ1) is 8.97. The fourth-order valence-electron chi connectivity index (χ4n) is 3.24.